The van der Waals surface area contributed by atoms with Gasteiger partial charge in [-0.1, -0.05) is 17.3 Å². The third-order valence-electron chi connectivity index (χ3n) is 4.35. The summed E-state index contributed by atoms with van der Waals surface area (Å²) in [6.07, 6.45) is 1.73. The molecule has 0 saturated heterocycles. The fraction of sp³-hybridized carbons (Fsp3) is 0.316. The first-order valence-electron chi connectivity index (χ1n) is 8.63. The van der Waals surface area contributed by atoms with Crippen molar-refractivity contribution in [2.45, 2.75) is 40.5 Å². The van der Waals surface area contributed by atoms with E-state index in [1.54, 1.807) is 25.3 Å². The number of aromatic nitrogens is 3. The zero-order valence-corrected chi connectivity index (χ0v) is 15.5. The number of nitrogens with zero attached hydrogens (tertiary/aromatic N) is 3. The summed E-state index contributed by atoms with van der Waals surface area (Å²) >= 11 is 0. The number of para-hydroxylation sites is 1. The van der Waals surface area contributed by atoms with Crippen LogP contribution in [0.4, 0.5) is 4.39 Å². The van der Waals surface area contributed by atoms with E-state index in [0.29, 0.717) is 17.9 Å². The number of carbonyl (C=O) groups excluding carboxylic acids is 1. The van der Waals surface area contributed by atoms with E-state index in [9.17, 15) is 9.18 Å². The molecule has 2 aromatic heterocycles. The zero-order valence-electron chi connectivity index (χ0n) is 15.5. The van der Waals surface area contributed by atoms with Gasteiger partial charge in [0.05, 0.1) is 11.8 Å². The molecule has 0 fully saturated rings. The maximum Gasteiger partial charge on any atom is 0.274 e. The van der Waals surface area contributed by atoms with E-state index in [1.807, 2.05) is 18.5 Å². The Morgan fingerprint density at radius 1 is 1.33 bits per heavy atom. The molecule has 0 saturated carbocycles. The third-order valence-corrected chi connectivity index (χ3v) is 4.35. The summed E-state index contributed by atoms with van der Waals surface area (Å²) in [6.45, 7) is 6.70. The number of halogens is 1. The van der Waals surface area contributed by atoms with Crippen molar-refractivity contribution >= 4 is 5.91 Å². The third kappa shape index (κ3) is 3.99. The van der Waals surface area contributed by atoms with Gasteiger partial charge in [-0.2, -0.15) is 5.10 Å². The highest BCUT2D eigenvalue weighted by atomic mass is 19.1. The van der Waals surface area contributed by atoms with Gasteiger partial charge in [-0.25, -0.2) is 4.39 Å². The maximum absolute atomic E-state index is 13.7. The highest BCUT2D eigenvalue weighted by Crippen LogP contribution is 2.20. The van der Waals surface area contributed by atoms with E-state index in [0.717, 1.165) is 17.8 Å². The van der Waals surface area contributed by atoms with Crippen molar-refractivity contribution < 1.29 is 18.4 Å². The Bertz CT molecular complexity index is 948. The predicted octanol–water partition coefficient (Wildman–Crippen LogP) is 3.16. The Morgan fingerprint density at radius 2 is 2.11 bits per heavy atom. The second-order valence-corrected chi connectivity index (χ2v) is 6.04. The minimum Gasteiger partial charge on any atom is -0.486 e. The maximum atomic E-state index is 13.7. The highest BCUT2D eigenvalue weighted by Gasteiger charge is 2.21. The SMILES string of the molecule is CCn1ncc(CNC(=O)c2noc(C)c2COc2ccccc2F)c1C. The van der Waals surface area contributed by atoms with Crippen molar-refractivity contribution in [1.82, 2.24) is 20.3 Å². The van der Waals surface area contributed by atoms with E-state index in [2.05, 4.69) is 15.6 Å². The van der Waals surface area contributed by atoms with Crippen LogP contribution in [-0.4, -0.2) is 20.8 Å². The molecular formula is C19H21FN4O3. The van der Waals surface area contributed by atoms with Gasteiger partial charge in [0.1, 0.15) is 12.4 Å². The highest BCUT2D eigenvalue weighted by molar-refractivity contribution is 5.93. The molecule has 0 unspecified atom stereocenters. The van der Waals surface area contributed by atoms with Crippen LogP contribution < -0.4 is 10.1 Å². The average Bonchev–Trinajstić information content (AvgIpc) is 3.21. The van der Waals surface area contributed by atoms with Crippen molar-refractivity contribution in [2.24, 2.45) is 0 Å². The van der Waals surface area contributed by atoms with E-state index in [-0.39, 0.29) is 24.0 Å². The number of aryl methyl sites for hydroxylation is 2. The molecule has 1 aromatic carbocycles. The van der Waals surface area contributed by atoms with Gasteiger partial charge in [-0.15, -0.1) is 0 Å². The summed E-state index contributed by atoms with van der Waals surface area (Å²) in [5, 5.41) is 10.9. The lowest BCUT2D eigenvalue weighted by Crippen LogP contribution is -2.25. The molecule has 0 aliphatic carbocycles. The van der Waals surface area contributed by atoms with Crippen LogP contribution in [0.3, 0.4) is 0 Å². The summed E-state index contributed by atoms with van der Waals surface area (Å²) in [6, 6.07) is 6.08. The molecule has 7 nitrogen and oxygen atoms in total. The molecule has 0 spiro atoms. The molecule has 1 N–H and O–H groups in total. The Balaban J connectivity index is 1.68. The van der Waals surface area contributed by atoms with Crippen LogP contribution in [0.1, 0.15) is 40.0 Å². The number of benzene rings is 1. The molecule has 0 aliphatic rings. The molecule has 8 heteroatoms. The predicted molar refractivity (Wildman–Crippen MR) is 95.8 cm³/mol. The lowest BCUT2D eigenvalue weighted by Gasteiger charge is -2.08. The molecule has 142 valence electrons. The normalized spacial score (nSPS) is 10.8. The molecule has 0 radical (unpaired) electrons. The fourth-order valence-electron chi connectivity index (χ4n) is 2.69. The van der Waals surface area contributed by atoms with Crippen LogP contribution >= 0.6 is 0 Å². The lowest BCUT2D eigenvalue weighted by atomic mass is 10.2. The molecule has 1 amide bonds. The Labute approximate surface area is 156 Å². The summed E-state index contributed by atoms with van der Waals surface area (Å²) in [4.78, 5) is 12.5. The number of nitrogens with one attached hydrogen (secondary N) is 1. The van der Waals surface area contributed by atoms with E-state index in [4.69, 9.17) is 9.26 Å². The standard InChI is InChI=1S/C19H21FN4O3/c1-4-24-12(2)14(10-22-24)9-21-19(25)18-15(13(3)27-23-18)11-26-17-8-6-5-7-16(17)20/h5-8,10H,4,9,11H2,1-3H3,(H,21,25). The van der Waals surface area contributed by atoms with Crippen molar-refractivity contribution in [2.75, 3.05) is 0 Å². The van der Waals surface area contributed by atoms with Crippen LogP contribution in [-0.2, 0) is 19.7 Å². The lowest BCUT2D eigenvalue weighted by molar-refractivity contribution is 0.0939. The second kappa shape index (κ2) is 8.03. The summed E-state index contributed by atoms with van der Waals surface area (Å²) < 4.78 is 26.2. The Kier molecular flexibility index (Phi) is 5.54. The number of rotatable bonds is 7. The van der Waals surface area contributed by atoms with Crippen molar-refractivity contribution in [3.05, 3.63) is 64.6 Å². The van der Waals surface area contributed by atoms with Crippen LogP contribution in [0.5, 0.6) is 5.75 Å². The molecule has 0 aliphatic heterocycles. The van der Waals surface area contributed by atoms with Gasteiger partial charge in [-0.3, -0.25) is 9.48 Å². The van der Waals surface area contributed by atoms with Crippen molar-refractivity contribution in [3.63, 3.8) is 0 Å². The van der Waals surface area contributed by atoms with Gasteiger partial charge in [0.25, 0.3) is 5.91 Å². The van der Waals surface area contributed by atoms with Gasteiger partial charge >= 0.3 is 0 Å². The Morgan fingerprint density at radius 3 is 2.81 bits per heavy atom. The number of carbonyl (C=O) groups is 1. The first-order chi connectivity index (χ1) is 13.0. The van der Waals surface area contributed by atoms with E-state index < -0.39 is 5.82 Å². The molecular weight excluding hydrogens is 351 g/mol. The van der Waals surface area contributed by atoms with E-state index in [1.165, 1.54) is 12.1 Å². The number of hydrogen-bond acceptors (Lipinski definition) is 5. The topological polar surface area (TPSA) is 82.2 Å². The molecule has 0 bridgehead atoms. The fourth-order valence-corrected chi connectivity index (χ4v) is 2.69. The van der Waals surface area contributed by atoms with Crippen molar-refractivity contribution in [1.29, 1.82) is 0 Å². The molecule has 0 atom stereocenters. The van der Waals surface area contributed by atoms with E-state index >= 15 is 0 Å². The van der Waals surface area contributed by atoms with Crippen LogP contribution in [0.15, 0.2) is 35.0 Å². The quantitative estimate of drug-likeness (QED) is 0.689. The molecule has 3 aromatic rings. The number of amides is 1. The van der Waals surface area contributed by atoms with Crippen LogP contribution in [0, 0.1) is 19.7 Å². The van der Waals surface area contributed by atoms with Gasteiger partial charge in [-0.05, 0) is 32.9 Å². The van der Waals surface area contributed by atoms with Crippen LogP contribution in [0.25, 0.3) is 0 Å². The number of hydrogen-bond donors (Lipinski definition) is 1. The first kappa shape index (κ1) is 18.6. The smallest absolute Gasteiger partial charge is 0.274 e. The summed E-state index contributed by atoms with van der Waals surface area (Å²) in [5.41, 5.74) is 2.54. The van der Waals surface area contributed by atoms with Crippen LogP contribution in [0.2, 0.25) is 0 Å². The Hall–Kier alpha value is -3.16. The zero-order chi connectivity index (χ0) is 19.4. The minimum absolute atomic E-state index is 0.0220. The first-order valence-corrected chi connectivity index (χ1v) is 8.63. The van der Waals surface area contributed by atoms with Gasteiger partial charge in [0.15, 0.2) is 17.3 Å². The number of ether oxygens (including phenoxy) is 1. The second-order valence-electron chi connectivity index (χ2n) is 6.04. The molecule has 2 heterocycles. The molecule has 3 rings (SSSR count). The summed E-state index contributed by atoms with van der Waals surface area (Å²) in [5.74, 6) is -0.304. The van der Waals surface area contributed by atoms with Crippen molar-refractivity contribution in [3.8, 4) is 5.75 Å². The largest absolute Gasteiger partial charge is 0.486 e. The minimum atomic E-state index is -0.471. The average molecular weight is 372 g/mol. The molecule has 27 heavy (non-hydrogen) atoms. The van der Waals surface area contributed by atoms with Gasteiger partial charge < -0.3 is 14.6 Å². The van der Waals surface area contributed by atoms with Gasteiger partial charge in [0.2, 0.25) is 0 Å². The summed E-state index contributed by atoms with van der Waals surface area (Å²) in [7, 11) is 0. The monoisotopic (exact) mass is 372 g/mol. The van der Waals surface area contributed by atoms with Gasteiger partial charge in [0, 0.05) is 24.3 Å².